The molecule has 0 radical (unpaired) electrons. The summed E-state index contributed by atoms with van der Waals surface area (Å²) >= 11 is 5.96. The van der Waals surface area contributed by atoms with Crippen LogP contribution in [0.25, 0.3) is 0 Å². The predicted molar refractivity (Wildman–Crippen MR) is 74.2 cm³/mol. The van der Waals surface area contributed by atoms with Gasteiger partial charge in [0.1, 0.15) is 10.6 Å². The van der Waals surface area contributed by atoms with Gasteiger partial charge in [-0.1, -0.05) is 11.6 Å². The molecule has 1 rings (SSSR count). The Morgan fingerprint density at radius 3 is 2.55 bits per heavy atom. The van der Waals surface area contributed by atoms with E-state index in [0.29, 0.717) is 6.61 Å². The minimum absolute atomic E-state index is 0.204. The SMILES string of the molecule is CCOc1ncc(C(=O)N(C)C(C)(C)C(=O)O)cc1Cl. The number of rotatable bonds is 5. The number of carbonyl (C=O) groups is 2. The molecule has 0 unspecified atom stereocenters. The van der Waals surface area contributed by atoms with Crippen LogP contribution in [0.3, 0.4) is 0 Å². The van der Waals surface area contributed by atoms with E-state index in [0.717, 1.165) is 4.90 Å². The summed E-state index contributed by atoms with van der Waals surface area (Å²) in [5.74, 6) is -1.33. The van der Waals surface area contributed by atoms with Crippen LogP contribution in [-0.4, -0.2) is 46.1 Å². The quantitative estimate of drug-likeness (QED) is 0.900. The fourth-order valence-electron chi connectivity index (χ4n) is 1.38. The second kappa shape index (κ2) is 6.09. The number of carboxylic acids is 1. The highest BCUT2D eigenvalue weighted by Gasteiger charge is 2.35. The van der Waals surface area contributed by atoms with Crippen LogP contribution in [0.15, 0.2) is 12.3 Å². The van der Waals surface area contributed by atoms with E-state index < -0.39 is 17.4 Å². The molecule has 1 aromatic heterocycles. The zero-order valence-corrected chi connectivity index (χ0v) is 12.6. The molecule has 1 N–H and O–H groups in total. The van der Waals surface area contributed by atoms with Crippen LogP contribution in [0.2, 0.25) is 5.02 Å². The zero-order valence-electron chi connectivity index (χ0n) is 11.8. The topological polar surface area (TPSA) is 79.7 Å². The molecule has 0 saturated heterocycles. The van der Waals surface area contributed by atoms with Gasteiger partial charge < -0.3 is 14.7 Å². The lowest BCUT2D eigenvalue weighted by Crippen LogP contribution is -2.50. The number of nitrogens with zero attached hydrogens (tertiary/aromatic N) is 2. The molecule has 0 atom stereocenters. The molecular weight excluding hydrogens is 284 g/mol. The van der Waals surface area contributed by atoms with E-state index in [9.17, 15) is 9.59 Å². The van der Waals surface area contributed by atoms with Gasteiger partial charge in [0.15, 0.2) is 0 Å². The van der Waals surface area contributed by atoms with E-state index in [4.69, 9.17) is 21.4 Å². The smallest absolute Gasteiger partial charge is 0.329 e. The van der Waals surface area contributed by atoms with E-state index in [-0.39, 0.29) is 16.5 Å². The number of pyridine rings is 1. The van der Waals surface area contributed by atoms with Gasteiger partial charge in [-0.2, -0.15) is 0 Å². The van der Waals surface area contributed by atoms with Crippen molar-refractivity contribution in [2.75, 3.05) is 13.7 Å². The number of carboxylic acid groups (broad SMARTS) is 1. The van der Waals surface area contributed by atoms with Gasteiger partial charge in [0, 0.05) is 13.2 Å². The Morgan fingerprint density at radius 1 is 1.50 bits per heavy atom. The molecule has 0 aromatic carbocycles. The van der Waals surface area contributed by atoms with Crippen molar-refractivity contribution < 1.29 is 19.4 Å². The van der Waals surface area contributed by atoms with Crippen molar-refractivity contribution in [3.05, 3.63) is 22.8 Å². The third-order valence-electron chi connectivity index (χ3n) is 3.00. The number of carbonyl (C=O) groups excluding carboxylic acids is 1. The maximum atomic E-state index is 12.2. The first kappa shape index (κ1) is 16.2. The molecule has 110 valence electrons. The average molecular weight is 301 g/mol. The average Bonchev–Trinajstić information content (AvgIpc) is 2.39. The van der Waals surface area contributed by atoms with Crippen LogP contribution in [0.1, 0.15) is 31.1 Å². The third kappa shape index (κ3) is 3.19. The lowest BCUT2D eigenvalue weighted by Gasteiger charge is -2.31. The van der Waals surface area contributed by atoms with Crippen LogP contribution < -0.4 is 4.74 Å². The summed E-state index contributed by atoms with van der Waals surface area (Å²) in [7, 11) is 1.42. The number of hydrogen-bond donors (Lipinski definition) is 1. The molecule has 0 spiro atoms. The summed E-state index contributed by atoms with van der Waals surface area (Å²) in [6, 6.07) is 1.41. The van der Waals surface area contributed by atoms with Gasteiger partial charge >= 0.3 is 5.97 Å². The predicted octanol–water partition coefficient (Wildman–Crippen LogP) is 2.07. The van der Waals surface area contributed by atoms with Crippen LogP contribution in [-0.2, 0) is 4.79 Å². The molecule has 0 aliphatic carbocycles. The van der Waals surface area contributed by atoms with E-state index in [2.05, 4.69) is 4.98 Å². The molecule has 1 heterocycles. The minimum atomic E-state index is -1.33. The Hall–Kier alpha value is -1.82. The second-order valence-electron chi connectivity index (χ2n) is 4.67. The molecule has 20 heavy (non-hydrogen) atoms. The summed E-state index contributed by atoms with van der Waals surface area (Å²) < 4.78 is 5.18. The Labute approximate surface area is 122 Å². The van der Waals surface area contributed by atoms with E-state index in [1.807, 2.05) is 0 Å². The van der Waals surface area contributed by atoms with E-state index in [1.54, 1.807) is 6.92 Å². The monoisotopic (exact) mass is 300 g/mol. The van der Waals surface area contributed by atoms with Crippen LogP contribution in [0.4, 0.5) is 0 Å². The van der Waals surface area contributed by atoms with E-state index >= 15 is 0 Å². The first-order valence-corrected chi connectivity index (χ1v) is 6.39. The maximum absolute atomic E-state index is 12.2. The van der Waals surface area contributed by atoms with Crippen molar-refractivity contribution >= 4 is 23.5 Å². The van der Waals surface area contributed by atoms with Gasteiger partial charge in [0.25, 0.3) is 5.91 Å². The molecular formula is C13H17ClN2O4. The number of aromatic nitrogens is 1. The van der Waals surface area contributed by atoms with E-state index in [1.165, 1.54) is 33.2 Å². The van der Waals surface area contributed by atoms with Crippen molar-refractivity contribution in [2.45, 2.75) is 26.3 Å². The molecule has 0 bridgehead atoms. The highest BCUT2D eigenvalue weighted by molar-refractivity contribution is 6.32. The van der Waals surface area contributed by atoms with Crippen molar-refractivity contribution in [1.82, 2.24) is 9.88 Å². The lowest BCUT2D eigenvalue weighted by molar-refractivity contribution is -0.147. The summed E-state index contributed by atoms with van der Waals surface area (Å²) in [6.45, 7) is 5.08. The van der Waals surface area contributed by atoms with Gasteiger partial charge in [-0.05, 0) is 26.8 Å². The van der Waals surface area contributed by atoms with Gasteiger partial charge in [-0.15, -0.1) is 0 Å². The van der Waals surface area contributed by atoms with Crippen LogP contribution >= 0.6 is 11.6 Å². The Morgan fingerprint density at radius 2 is 2.10 bits per heavy atom. The number of ether oxygens (including phenoxy) is 1. The van der Waals surface area contributed by atoms with Gasteiger partial charge in [-0.3, -0.25) is 4.79 Å². The minimum Gasteiger partial charge on any atom is -0.480 e. The summed E-state index contributed by atoms with van der Waals surface area (Å²) in [5.41, 5.74) is -1.13. The standard InChI is InChI=1S/C13H17ClN2O4/c1-5-20-10-9(14)6-8(7-15-10)11(17)16(4)13(2,3)12(18)19/h6-7H,5H2,1-4H3,(H,18,19). The normalized spacial score (nSPS) is 11.1. The number of hydrogen-bond acceptors (Lipinski definition) is 4. The number of likely N-dealkylation sites (N-methyl/N-ethyl adjacent to an activating group) is 1. The van der Waals surface area contributed by atoms with Crippen molar-refractivity contribution in [3.63, 3.8) is 0 Å². The van der Waals surface area contributed by atoms with Crippen molar-refractivity contribution in [3.8, 4) is 5.88 Å². The Balaban J connectivity index is 3.04. The first-order chi connectivity index (χ1) is 9.21. The maximum Gasteiger partial charge on any atom is 0.329 e. The van der Waals surface area contributed by atoms with Crippen molar-refractivity contribution in [2.24, 2.45) is 0 Å². The van der Waals surface area contributed by atoms with Crippen LogP contribution in [0, 0.1) is 0 Å². The molecule has 6 nitrogen and oxygen atoms in total. The zero-order chi connectivity index (χ0) is 15.5. The summed E-state index contributed by atoms with van der Waals surface area (Å²) in [5, 5.41) is 9.33. The highest BCUT2D eigenvalue weighted by Crippen LogP contribution is 2.24. The summed E-state index contributed by atoms with van der Waals surface area (Å²) in [6.07, 6.45) is 1.31. The molecule has 0 fully saturated rings. The Bertz CT molecular complexity index is 531. The molecule has 0 aliphatic heterocycles. The number of aliphatic carboxylic acids is 1. The number of halogens is 1. The van der Waals surface area contributed by atoms with Gasteiger partial charge in [0.05, 0.1) is 12.2 Å². The van der Waals surface area contributed by atoms with Crippen LogP contribution in [0.5, 0.6) is 5.88 Å². The third-order valence-corrected chi connectivity index (χ3v) is 3.27. The lowest BCUT2D eigenvalue weighted by atomic mass is 10.0. The molecule has 1 aromatic rings. The van der Waals surface area contributed by atoms with Gasteiger partial charge in [-0.25, -0.2) is 9.78 Å². The summed E-state index contributed by atoms with van der Waals surface area (Å²) in [4.78, 5) is 28.5. The fourth-order valence-corrected chi connectivity index (χ4v) is 1.60. The molecule has 1 amide bonds. The molecule has 7 heteroatoms. The second-order valence-corrected chi connectivity index (χ2v) is 5.08. The highest BCUT2D eigenvalue weighted by atomic mass is 35.5. The number of amides is 1. The Kier molecular flexibility index (Phi) is 4.94. The largest absolute Gasteiger partial charge is 0.480 e. The van der Waals surface area contributed by atoms with Gasteiger partial charge in [0.2, 0.25) is 5.88 Å². The first-order valence-electron chi connectivity index (χ1n) is 6.01. The molecule has 0 aliphatic rings. The van der Waals surface area contributed by atoms with Crippen molar-refractivity contribution in [1.29, 1.82) is 0 Å². The fraction of sp³-hybridized carbons (Fsp3) is 0.462. The molecule has 0 saturated carbocycles.